The van der Waals surface area contributed by atoms with Crippen LogP contribution in [-0.2, 0) is 6.54 Å². The summed E-state index contributed by atoms with van der Waals surface area (Å²) in [6.45, 7) is 6.19. The van der Waals surface area contributed by atoms with Gasteiger partial charge in [0.15, 0.2) is 5.69 Å². The predicted molar refractivity (Wildman–Crippen MR) is 90.1 cm³/mol. The van der Waals surface area contributed by atoms with E-state index in [-0.39, 0.29) is 5.69 Å². The first-order valence-electron chi connectivity index (χ1n) is 8.07. The number of rotatable bonds is 4. The van der Waals surface area contributed by atoms with Gasteiger partial charge in [0.1, 0.15) is 0 Å². The van der Waals surface area contributed by atoms with Crippen molar-refractivity contribution in [1.82, 2.24) is 19.9 Å². The molecule has 0 radical (unpaired) electrons. The molecule has 0 saturated carbocycles. The first kappa shape index (κ1) is 16.3. The van der Waals surface area contributed by atoms with Crippen molar-refractivity contribution in [2.24, 2.45) is 0 Å². The van der Waals surface area contributed by atoms with E-state index in [4.69, 9.17) is 0 Å². The van der Waals surface area contributed by atoms with E-state index in [2.05, 4.69) is 24.8 Å². The number of nitrogens with zero attached hydrogens (tertiary/aromatic N) is 5. The summed E-state index contributed by atoms with van der Waals surface area (Å²) in [5.74, 6) is -0.506. The van der Waals surface area contributed by atoms with Crippen LogP contribution in [-0.4, -0.2) is 57.1 Å². The predicted octanol–water partition coefficient (Wildman–Crippen LogP) is 1.59. The largest absolute Gasteiger partial charge is 0.477 e. The standard InChI is InChI=1S/C17H21N5O2/c1-13-11-15(16(23)24)20-17(19-13)22-8-2-7-21(9-10-22)12-14-3-5-18-6-4-14/h3-6,11H,2,7-10,12H2,1H3,(H,23,24). The van der Waals surface area contributed by atoms with Crippen molar-refractivity contribution in [2.45, 2.75) is 19.9 Å². The fourth-order valence-corrected chi connectivity index (χ4v) is 2.88. The van der Waals surface area contributed by atoms with Crippen molar-refractivity contribution < 1.29 is 9.90 Å². The van der Waals surface area contributed by atoms with Crippen LogP contribution >= 0.6 is 0 Å². The number of hydrogen-bond donors (Lipinski definition) is 1. The van der Waals surface area contributed by atoms with Gasteiger partial charge in [-0.15, -0.1) is 0 Å². The third-order valence-electron chi connectivity index (χ3n) is 4.09. The van der Waals surface area contributed by atoms with Gasteiger partial charge >= 0.3 is 5.97 Å². The lowest BCUT2D eigenvalue weighted by atomic mass is 10.2. The molecule has 2 aromatic heterocycles. The van der Waals surface area contributed by atoms with E-state index in [1.165, 1.54) is 11.6 Å². The Morgan fingerprint density at radius 2 is 1.96 bits per heavy atom. The second-order valence-corrected chi connectivity index (χ2v) is 5.97. The fourth-order valence-electron chi connectivity index (χ4n) is 2.88. The number of aromatic carboxylic acids is 1. The van der Waals surface area contributed by atoms with Crippen LogP contribution in [0.25, 0.3) is 0 Å². The molecular weight excluding hydrogens is 306 g/mol. The molecule has 7 nitrogen and oxygen atoms in total. The molecule has 1 saturated heterocycles. The summed E-state index contributed by atoms with van der Waals surface area (Å²) < 4.78 is 0. The van der Waals surface area contributed by atoms with Crippen LogP contribution in [0.15, 0.2) is 30.6 Å². The van der Waals surface area contributed by atoms with Gasteiger partial charge in [0.25, 0.3) is 0 Å². The number of carboxylic acids is 1. The fraction of sp³-hybridized carbons (Fsp3) is 0.412. The highest BCUT2D eigenvalue weighted by atomic mass is 16.4. The van der Waals surface area contributed by atoms with Crippen molar-refractivity contribution in [3.63, 3.8) is 0 Å². The first-order valence-corrected chi connectivity index (χ1v) is 8.07. The highest BCUT2D eigenvalue weighted by Gasteiger charge is 2.19. The zero-order chi connectivity index (χ0) is 16.9. The second-order valence-electron chi connectivity index (χ2n) is 5.97. The topological polar surface area (TPSA) is 82.5 Å². The summed E-state index contributed by atoms with van der Waals surface area (Å²) >= 11 is 0. The van der Waals surface area contributed by atoms with Crippen molar-refractivity contribution in [3.05, 3.63) is 47.5 Å². The van der Waals surface area contributed by atoms with Crippen LogP contribution in [0, 0.1) is 6.92 Å². The van der Waals surface area contributed by atoms with Crippen LogP contribution in [0.3, 0.4) is 0 Å². The van der Waals surface area contributed by atoms with E-state index in [0.717, 1.165) is 39.1 Å². The maximum Gasteiger partial charge on any atom is 0.354 e. The lowest BCUT2D eigenvalue weighted by Gasteiger charge is -2.22. The molecule has 0 amide bonds. The van der Waals surface area contributed by atoms with E-state index in [1.54, 1.807) is 6.92 Å². The number of anilines is 1. The van der Waals surface area contributed by atoms with E-state index < -0.39 is 5.97 Å². The van der Waals surface area contributed by atoms with Gasteiger partial charge in [0.05, 0.1) is 0 Å². The quantitative estimate of drug-likeness (QED) is 0.913. The highest BCUT2D eigenvalue weighted by molar-refractivity contribution is 5.85. The van der Waals surface area contributed by atoms with Crippen molar-refractivity contribution in [2.75, 3.05) is 31.1 Å². The maximum absolute atomic E-state index is 11.2. The van der Waals surface area contributed by atoms with Crippen molar-refractivity contribution >= 4 is 11.9 Å². The number of aryl methyl sites for hydroxylation is 1. The third kappa shape index (κ3) is 4.05. The van der Waals surface area contributed by atoms with Gasteiger partial charge in [-0.3, -0.25) is 9.88 Å². The van der Waals surface area contributed by atoms with Crippen LogP contribution in [0.5, 0.6) is 0 Å². The van der Waals surface area contributed by atoms with E-state index >= 15 is 0 Å². The van der Waals surface area contributed by atoms with Crippen LogP contribution in [0.1, 0.15) is 28.2 Å². The molecule has 0 bridgehead atoms. The SMILES string of the molecule is Cc1cc(C(=O)O)nc(N2CCCN(Cc3ccncc3)CC2)n1. The molecule has 1 fully saturated rings. The molecule has 0 aliphatic carbocycles. The van der Waals surface area contributed by atoms with E-state index in [1.807, 2.05) is 24.5 Å². The summed E-state index contributed by atoms with van der Waals surface area (Å²) in [4.78, 5) is 28.3. The minimum Gasteiger partial charge on any atom is -0.477 e. The average molecular weight is 327 g/mol. The van der Waals surface area contributed by atoms with Crippen LogP contribution in [0.4, 0.5) is 5.95 Å². The molecule has 7 heteroatoms. The summed E-state index contributed by atoms with van der Waals surface area (Å²) in [5.41, 5.74) is 1.98. The Balaban J connectivity index is 1.68. The molecule has 3 rings (SSSR count). The number of carboxylic acid groups (broad SMARTS) is 1. The molecule has 2 aromatic rings. The van der Waals surface area contributed by atoms with E-state index in [0.29, 0.717) is 11.6 Å². The molecule has 3 heterocycles. The minimum absolute atomic E-state index is 0.0513. The Labute approximate surface area is 141 Å². The average Bonchev–Trinajstić information content (AvgIpc) is 2.81. The smallest absolute Gasteiger partial charge is 0.354 e. The summed E-state index contributed by atoms with van der Waals surface area (Å²) in [5, 5.41) is 9.17. The number of carbonyl (C=O) groups is 1. The Morgan fingerprint density at radius 3 is 2.71 bits per heavy atom. The molecule has 0 atom stereocenters. The molecule has 0 spiro atoms. The lowest BCUT2D eigenvalue weighted by Crippen LogP contribution is -2.32. The summed E-state index contributed by atoms with van der Waals surface area (Å²) in [6, 6.07) is 5.57. The Hall–Kier alpha value is -2.54. The minimum atomic E-state index is -1.02. The Morgan fingerprint density at radius 1 is 1.17 bits per heavy atom. The van der Waals surface area contributed by atoms with Gasteiger partial charge in [-0.1, -0.05) is 0 Å². The highest BCUT2D eigenvalue weighted by Crippen LogP contribution is 2.15. The van der Waals surface area contributed by atoms with Gasteiger partial charge in [0.2, 0.25) is 5.95 Å². The van der Waals surface area contributed by atoms with Gasteiger partial charge in [-0.2, -0.15) is 0 Å². The molecule has 0 unspecified atom stereocenters. The maximum atomic E-state index is 11.2. The molecule has 0 aromatic carbocycles. The molecule has 1 N–H and O–H groups in total. The van der Waals surface area contributed by atoms with Crippen molar-refractivity contribution in [3.8, 4) is 0 Å². The third-order valence-corrected chi connectivity index (χ3v) is 4.09. The number of pyridine rings is 1. The van der Waals surface area contributed by atoms with Gasteiger partial charge < -0.3 is 10.0 Å². The number of hydrogen-bond acceptors (Lipinski definition) is 6. The van der Waals surface area contributed by atoms with Gasteiger partial charge in [-0.05, 0) is 37.1 Å². The van der Waals surface area contributed by atoms with Crippen LogP contribution in [0.2, 0.25) is 0 Å². The summed E-state index contributed by atoms with van der Waals surface area (Å²) in [6.07, 6.45) is 4.62. The van der Waals surface area contributed by atoms with Gasteiger partial charge in [0, 0.05) is 50.8 Å². The zero-order valence-electron chi connectivity index (χ0n) is 13.7. The molecular formula is C17H21N5O2. The summed E-state index contributed by atoms with van der Waals surface area (Å²) in [7, 11) is 0. The lowest BCUT2D eigenvalue weighted by molar-refractivity contribution is 0.0690. The zero-order valence-corrected chi connectivity index (χ0v) is 13.7. The monoisotopic (exact) mass is 327 g/mol. The van der Waals surface area contributed by atoms with E-state index in [9.17, 15) is 9.90 Å². The number of aromatic nitrogens is 3. The molecule has 126 valence electrons. The molecule has 1 aliphatic heterocycles. The van der Waals surface area contributed by atoms with Crippen molar-refractivity contribution in [1.29, 1.82) is 0 Å². The first-order chi connectivity index (χ1) is 11.6. The second kappa shape index (κ2) is 7.35. The van der Waals surface area contributed by atoms with Gasteiger partial charge in [-0.25, -0.2) is 14.8 Å². The molecule has 1 aliphatic rings. The normalized spacial score (nSPS) is 16.0. The Kier molecular flexibility index (Phi) is 5.00. The van der Waals surface area contributed by atoms with Crippen LogP contribution < -0.4 is 4.90 Å². The Bertz CT molecular complexity index is 707. The molecule has 24 heavy (non-hydrogen) atoms.